The molecule has 0 fully saturated rings. The van der Waals surface area contributed by atoms with E-state index in [0.29, 0.717) is 4.22 Å². The maximum absolute atomic E-state index is 4.04. The number of hydrogen-bond donors (Lipinski definition) is 1. The first-order valence-electron chi connectivity index (χ1n) is 7.13. The van der Waals surface area contributed by atoms with Crippen LogP contribution in [0.5, 0.6) is 0 Å². The summed E-state index contributed by atoms with van der Waals surface area (Å²) in [7, 11) is 0. The first-order chi connectivity index (χ1) is 9.20. The van der Waals surface area contributed by atoms with Crippen molar-refractivity contribution in [1.29, 1.82) is 0 Å². The summed E-state index contributed by atoms with van der Waals surface area (Å²) in [4.78, 5) is 0. The maximum Gasteiger partial charge on any atom is -1.00 e. The minimum Gasteiger partial charge on any atom is -1.00 e. The van der Waals surface area contributed by atoms with Crippen molar-refractivity contribution in [3.05, 3.63) is 39.4 Å². The van der Waals surface area contributed by atoms with Crippen LogP contribution >= 0.6 is 15.9 Å². The molecule has 0 saturated heterocycles. The third-order valence-corrected chi connectivity index (χ3v) is 15.8. The fourth-order valence-corrected chi connectivity index (χ4v) is 14.3. The molecule has 1 atom stereocenters. The number of fused-ring (bicyclic) bond motifs is 1. The molecule has 0 heterocycles. The van der Waals surface area contributed by atoms with E-state index >= 15 is 0 Å². The summed E-state index contributed by atoms with van der Waals surface area (Å²) < 4.78 is 5.97. The Hall–Kier alpha value is 0.911. The molecule has 0 aliphatic heterocycles. The quantitative estimate of drug-likeness (QED) is 0.568. The standard InChI is InChI=1S/C10H8Br.C4H10N.C2H6Si.2ClH.Ti/c1-7-5-8-3-2-4-10(11)9(8)6-7;1-4(2,3)5;1-3-2;;;/h2-6H,1H3;5H,1-3H3;1-2H3;2*1H;/q;-1;;;;+3/p-2. The molecule has 1 aromatic carbocycles. The van der Waals surface area contributed by atoms with Crippen LogP contribution in [0.25, 0.3) is 6.08 Å². The molecule has 0 saturated carbocycles. The van der Waals surface area contributed by atoms with Gasteiger partial charge < -0.3 is 24.8 Å². The third kappa shape index (κ3) is 5.20. The van der Waals surface area contributed by atoms with Crippen molar-refractivity contribution in [2.75, 3.05) is 0 Å². The van der Waals surface area contributed by atoms with E-state index in [9.17, 15) is 0 Å². The van der Waals surface area contributed by atoms with Crippen molar-refractivity contribution < 1.29 is 41.7 Å². The minimum absolute atomic E-state index is 0. The fourth-order valence-electron chi connectivity index (χ4n) is 2.79. The summed E-state index contributed by atoms with van der Waals surface area (Å²) in [6, 6.07) is 6.68. The zero-order valence-corrected chi connectivity index (χ0v) is 19.7. The number of halogens is 3. The van der Waals surface area contributed by atoms with Gasteiger partial charge in [0.1, 0.15) is 0 Å². The Bertz CT molecular complexity index is 605. The van der Waals surface area contributed by atoms with Gasteiger partial charge in [0.25, 0.3) is 0 Å². The van der Waals surface area contributed by atoms with Crippen LogP contribution in [0, 0.1) is 0 Å². The molecule has 122 valence electrons. The predicted octanol–water partition coefficient (Wildman–Crippen LogP) is -0.912. The monoisotopic (exact) mass is 455 g/mol. The maximum atomic E-state index is 4.04. The van der Waals surface area contributed by atoms with Crippen LogP contribution in [-0.4, -0.2) is 11.7 Å². The number of allylic oxidation sites excluding steroid dienone is 1. The molecule has 2 rings (SSSR count). The van der Waals surface area contributed by atoms with Gasteiger partial charge in [-0.15, -0.1) is 0 Å². The van der Waals surface area contributed by atoms with Crippen molar-refractivity contribution in [1.82, 2.24) is 3.80 Å². The van der Waals surface area contributed by atoms with E-state index in [1.54, 1.807) is 11.1 Å². The van der Waals surface area contributed by atoms with E-state index in [0.717, 1.165) is 0 Å². The van der Waals surface area contributed by atoms with Gasteiger partial charge in [0.2, 0.25) is 0 Å². The molecule has 0 amide bonds. The Kier molecular flexibility index (Phi) is 9.21. The van der Waals surface area contributed by atoms with Gasteiger partial charge in [-0.05, 0) is 0 Å². The smallest absolute Gasteiger partial charge is 1.00 e. The first kappa shape index (κ1) is 22.9. The van der Waals surface area contributed by atoms with E-state index in [-0.39, 0.29) is 36.5 Å². The first-order valence-corrected chi connectivity index (χ1v) is 14.4. The van der Waals surface area contributed by atoms with Gasteiger partial charge in [0.05, 0.1) is 0 Å². The van der Waals surface area contributed by atoms with Crippen LogP contribution in [0.3, 0.4) is 0 Å². The van der Waals surface area contributed by atoms with Crippen LogP contribution in [0.15, 0.2) is 28.2 Å². The van der Waals surface area contributed by atoms with Gasteiger partial charge in [-0.25, -0.2) is 0 Å². The average molecular weight is 457 g/mol. The van der Waals surface area contributed by atoms with Crippen molar-refractivity contribution in [2.45, 2.75) is 50.6 Å². The van der Waals surface area contributed by atoms with Crippen molar-refractivity contribution >= 4 is 28.2 Å². The molecule has 1 N–H and O–H groups in total. The van der Waals surface area contributed by atoms with Gasteiger partial charge in [0, 0.05) is 0 Å². The Morgan fingerprint density at radius 2 is 1.77 bits per heavy atom. The molecule has 1 nitrogen and oxygen atoms in total. The van der Waals surface area contributed by atoms with Gasteiger partial charge in [-0.1, -0.05) is 0 Å². The third-order valence-electron chi connectivity index (χ3n) is 3.56. The number of rotatable bonds is 2. The van der Waals surface area contributed by atoms with Crippen LogP contribution < -0.4 is 28.6 Å². The SMILES string of the molecule is CC1=Cc2c(Br)cccc2[CH]1[Ti+2]([NH]C(C)(C)C)=[Si](C)C.[Cl-].[Cl-]. The summed E-state index contributed by atoms with van der Waals surface area (Å²) in [5.74, 6) is 0. The number of benzene rings is 1. The van der Waals surface area contributed by atoms with Gasteiger partial charge in [-0.3, -0.25) is 0 Å². The van der Waals surface area contributed by atoms with E-state index in [1.165, 1.54) is 10.0 Å². The second kappa shape index (κ2) is 8.85. The molecule has 0 aromatic heterocycles. The predicted molar refractivity (Wildman–Crippen MR) is 90.9 cm³/mol. The molecule has 1 aromatic rings. The van der Waals surface area contributed by atoms with E-state index < -0.39 is 16.9 Å². The summed E-state index contributed by atoms with van der Waals surface area (Å²) >= 11 is 2.35. The topological polar surface area (TPSA) is 12.0 Å². The zero-order chi connectivity index (χ0) is 15.1. The van der Waals surface area contributed by atoms with E-state index in [4.69, 9.17) is 0 Å². The summed E-state index contributed by atoms with van der Waals surface area (Å²) in [5.41, 5.74) is 4.76. The Morgan fingerprint density at radius 1 is 1.18 bits per heavy atom. The average Bonchev–Trinajstić information content (AvgIpc) is 2.63. The fraction of sp³-hybridized carbons (Fsp3) is 0.500. The van der Waals surface area contributed by atoms with Crippen molar-refractivity contribution in [3.8, 4) is 0 Å². The van der Waals surface area contributed by atoms with Gasteiger partial charge in [0.15, 0.2) is 0 Å². The van der Waals surface area contributed by atoms with E-state index in [1.807, 2.05) is 0 Å². The molecule has 1 aliphatic carbocycles. The Morgan fingerprint density at radius 3 is 2.27 bits per heavy atom. The second-order valence-corrected chi connectivity index (χ2v) is 19.2. The molecule has 22 heavy (non-hydrogen) atoms. The summed E-state index contributed by atoms with van der Waals surface area (Å²) in [6.45, 7) is 14.2. The van der Waals surface area contributed by atoms with Crippen LogP contribution in [0.2, 0.25) is 13.1 Å². The summed E-state index contributed by atoms with van der Waals surface area (Å²) in [5, 5.41) is 0. The number of nitrogens with one attached hydrogen (secondary N) is 1. The molecule has 1 unspecified atom stereocenters. The Labute approximate surface area is 162 Å². The van der Waals surface area contributed by atoms with Crippen LogP contribution in [0.1, 0.15) is 43.0 Å². The summed E-state index contributed by atoms with van der Waals surface area (Å²) in [6.07, 6.45) is 2.12. The van der Waals surface area contributed by atoms with Gasteiger partial charge >= 0.3 is 139 Å². The molecular formula is C16H24BrCl2NSiTi. The minimum atomic E-state index is -1.36. The van der Waals surface area contributed by atoms with Gasteiger partial charge in [-0.2, -0.15) is 0 Å². The van der Waals surface area contributed by atoms with Crippen molar-refractivity contribution in [2.24, 2.45) is 0 Å². The molecule has 6 heteroatoms. The molecule has 0 bridgehead atoms. The van der Waals surface area contributed by atoms with Crippen LogP contribution in [-0.2, 0) is 16.9 Å². The largest absolute Gasteiger partial charge is 1.00 e. The molecule has 1 aliphatic rings. The zero-order valence-electron chi connectivity index (χ0n) is 14.0. The normalized spacial score (nSPS) is 15.7. The van der Waals surface area contributed by atoms with Crippen molar-refractivity contribution in [3.63, 3.8) is 0 Å². The second-order valence-electron chi connectivity index (χ2n) is 6.85. The molecule has 0 spiro atoms. The Balaban J connectivity index is 0.00000220. The van der Waals surface area contributed by atoms with E-state index in [2.05, 4.69) is 84.8 Å². The molecular weight excluding hydrogens is 433 g/mol. The number of hydrogen-bond acceptors (Lipinski definition) is 1. The molecule has 0 radical (unpaired) electrons. The van der Waals surface area contributed by atoms with Crippen LogP contribution in [0.4, 0.5) is 0 Å².